The Labute approximate surface area is 146 Å². The van der Waals surface area contributed by atoms with Gasteiger partial charge in [-0.1, -0.05) is 19.0 Å². The number of aliphatic hydroxyl groups excluding tert-OH is 1. The molecule has 0 spiro atoms. The molecular formula is C18H23N3O4. The monoisotopic (exact) mass is 345 g/mol. The van der Waals surface area contributed by atoms with E-state index in [2.05, 4.69) is 15.5 Å². The van der Waals surface area contributed by atoms with Crippen LogP contribution in [0.2, 0.25) is 0 Å². The number of amides is 1. The van der Waals surface area contributed by atoms with Crippen LogP contribution in [0, 0.1) is 5.92 Å². The van der Waals surface area contributed by atoms with Crippen molar-refractivity contribution in [2.45, 2.75) is 44.8 Å². The normalized spacial score (nSPS) is 20.8. The highest BCUT2D eigenvalue weighted by molar-refractivity contribution is 5.92. The quantitative estimate of drug-likeness (QED) is 0.834. The molecule has 25 heavy (non-hydrogen) atoms. The van der Waals surface area contributed by atoms with Gasteiger partial charge in [0.05, 0.1) is 25.5 Å². The zero-order valence-electron chi connectivity index (χ0n) is 14.6. The van der Waals surface area contributed by atoms with Crippen LogP contribution < -0.4 is 10.1 Å². The molecule has 3 rings (SSSR count). The highest BCUT2D eigenvalue weighted by Crippen LogP contribution is 2.38. The van der Waals surface area contributed by atoms with Gasteiger partial charge in [-0.25, -0.2) is 0 Å². The van der Waals surface area contributed by atoms with Crippen LogP contribution in [0.1, 0.15) is 60.5 Å². The molecule has 2 heterocycles. The van der Waals surface area contributed by atoms with Gasteiger partial charge in [-0.3, -0.25) is 9.78 Å². The van der Waals surface area contributed by atoms with E-state index in [-0.39, 0.29) is 35.6 Å². The Morgan fingerprint density at radius 1 is 1.36 bits per heavy atom. The topological polar surface area (TPSA) is 97.5 Å². The number of aliphatic hydroxyl groups is 1. The summed E-state index contributed by atoms with van der Waals surface area (Å²) in [7, 11) is 1.57. The molecule has 0 aromatic carbocycles. The minimum Gasteiger partial charge on any atom is -0.495 e. The SMILES string of the molecule is COc1cncc(C(NC(=O)c2cc(C(C)C)on2)C2CC(O)C2)c1. The van der Waals surface area contributed by atoms with E-state index >= 15 is 0 Å². The average molecular weight is 345 g/mol. The lowest BCUT2D eigenvalue weighted by molar-refractivity contribution is 0.0233. The molecule has 1 fully saturated rings. The van der Waals surface area contributed by atoms with Crippen LogP contribution in [0.5, 0.6) is 5.75 Å². The zero-order valence-corrected chi connectivity index (χ0v) is 14.6. The van der Waals surface area contributed by atoms with Gasteiger partial charge < -0.3 is 19.7 Å². The standard InChI is InChI=1S/C18H23N3O4/c1-10(2)16-7-15(21-25-16)18(23)20-17(11-4-13(22)5-11)12-6-14(24-3)9-19-8-12/h6-11,13,17,22H,4-5H2,1-3H3,(H,20,23). The zero-order chi connectivity index (χ0) is 18.0. The highest BCUT2D eigenvalue weighted by atomic mass is 16.5. The number of carbonyl (C=O) groups excluding carboxylic acids is 1. The minimum atomic E-state index is -0.317. The van der Waals surface area contributed by atoms with Crippen molar-refractivity contribution in [2.75, 3.05) is 7.11 Å². The second-order valence-corrected chi connectivity index (χ2v) is 6.76. The van der Waals surface area contributed by atoms with E-state index in [0.717, 1.165) is 5.56 Å². The van der Waals surface area contributed by atoms with E-state index in [9.17, 15) is 9.90 Å². The van der Waals surface area contributed by atoms with E-state index in [4.69, 9.17) is 9.26 Å². The van der Waals surface area contributed by atoms with E-state index in [1.54, 1.807) is 25.6 Å². The van der Waals surface area contributed by atoms with Crippen molar-refractivity contribution in [3.8, 4) is 5.75 Å². The molecule has 7 heteroatoms. The number of nitrogens with zero attached hydrogens (tertiary/aromatic N) is 2. The van der Waals surface area contributed by atoms with Gasteiger partial charge in [-0.05, 0) is 30.4 Å². The molecule has 134 valence electrons. The molecular weight excluding hydrogens is 322 g/mol. The summed E-state index contributed by atoms with van der Waals surface area (Å²) < 4.78 is 10.4. The van der Waals surface area contributed by atoms with Crippen LogP contribution in [0.25, 0.3) is 0 Å². The summed E-state index contributed by atoms with van der Waals surface area (Å²) in [6.07, 6.45) is 4.28. The van der Waals surface area contributed by atoms with Gasteiger partial charge in [0.1, 0.15) is 11.5 Å². The Bertz CT molecular complexity index is 737. The molecule has 1 amide bonds. The Kier molecular flexibility index (Phi) is 5.03. The lowest BCUT2D eigenvalue weighted by atomic mass is 9.75. The first-order valence-electron chi connectivity index (χ1n) is 8.42. The Balaban J connectivity index is 1.80. The van der Waals surface area contributed by atoms with Crippen molar-refractivity contribution in [1.29, 1.82) is 0 Å². The molecule has 0 bridgehead atoms. The maximum absolute atomic E-state index is 12.6. The van der Waals surface area contributed by atoms with Gasteiger partial charge in [0, 0.05) is 18.2 Å². The predicted molar refractivity (Wildman–Crippen MR) is 90.3 cm³/mol. The third-order valence-corrected chi connectivity index (χ3v) is 4.57. The van der Waals surface area contributed by atoms with Crippen LogP contribution in [0.4, 0.5) is 0 Å². The van der Waals surface area contributed by atoms with Gasteiger partial charge in [-0.2, -0.15) is 0 Å². The first-order valence-corrected chi connectivity index (χ1v) is 8.42. The van der Waals surface area contributed by atoms with Crippen molar-refractivity contribution in [1.82, 2.24) is 15.5 Å². The maximum atomic E-state index is 12.6. The molecule has 1 atom stereocenters. The molecule has 1 aliphatic rings. The number of hydrogen-bond donors (Lipinski definition) is 2. The summed E-state index contributed by atoms with van der Waals surface area (Å²) >= 11 is 0. The number of aromatic nitrogens is 2. The summed E-state index contributed by atoms with van der Waals surface area (Å²) in [6.45, 7) is 3.95. The number of nitrogens with one attached hydrogen (secondary N) is 1. The second kappa shape index (κ2) is 7.23. The van der Waals surface area contributed by atoms with Gasteiger partial charge in [0.2, 0.25) is 0 Å². The summed E-state index contributed by atoms with van der Waals surface area (Å²) in [5.41, 5.74) is 1.10. The highest BCUT2D eigenvalue weighted by Gasteiger charge is 2.36. The van der Waals surface area contributed by atoms with Crippen molar-refractivity contribution in [2.24, 2.45) is 5.92 Å². The van der Waals surface area contributed by atoms with Gasteiger partial charge in [0.25, 0.3) is 5.91 Å². The molecule has 1 unspecified atom stereocenters. The number of rotatable bonds is 6. The van der Waals surface area contributed by atoms with Crippen molar-refractivity contribution in [3.63, 3.8) is 0 Å². The Morgan fingerprint density at radius 3 is 2.72 bits per heavy atom. The van der Waals surface area contributed by atoms with Gasteiger partial charge in [0.15, 0.2) is 5.69 Å². The molecule has 1 saturated carbocycles. The van der Waals surface area contributed by atoms with Crippen molar-refractivity contribution in [3.05, 3.63) is 41.5 Å². The number of pyridine rings is 1. The summed E-state index contributed by atoms with van der Waals surface area (Å²) in [4.78, 5) is 16.8. The molecule has 2 aromatic heterocycles. The van der Waals surface area contributed by atoms with Crippen LogP contribution in [-0.4, -0.2) is 34.4 Å². The maximum Gasteiger partial charge on any atom is 0.273 e. The van der Waals surface area contributed by atoms with Gasteiger partial charge >= 0.3 is 0 Å². The number of carbonyl (C=O) groups is 1. The summed E-state index contributed by atoms with van der Waals surface area (Å²) in [5, 5.41) is 16.5. The van der Waals surface area contributed by atoms with E-state index in [1.165, 1.54) is 0 Å². The third-order valence-electron chi connectivity index (χ3n) is 4.57. The van der Waals surface area contributed by atoms with Crippen LogP contribution in [0.15, 0.2) is 29.0 Å². The van der Waals surface area contributed by atoms with Crippen LogP contribution >= 0.6 is 0 Å². The number of ether oxygens (including phenoxy) is 1. The second-order valence-electron chi connectivity index (χ2n) is 6.76. The molecule has 2 aromatic rings. The lowest BCUT2D eigenvalue weighted by Gasteiger charge is -2.38. The van der Waals surface area contributed by atoms with Crippen LogP contribution in [0.3, 0.4) is 0 Å². The first-order chi connectivity index (χ1) is 12.0. The molecule has 7 nitrogen and oxygen atoms in total. The van der Waals surface area contributed by atoms with Gasteiger partial charge in [-0.15, -0.1) is 0 Å². The van der Waals surface area contributed by atoms with Crippen LogP contribution in [-0.2, 0) is 0 Å². The average Bonchev–Trinajstić information content (AvgIpc) is 3.07. The molecule has 0 aliphatic heterocycles. The summed E-state index contributed by atoms with van der Waals surface area (Å²) in [5.74, 6) is 1.30. The lowest BCUT2D eigenvalue weighted by Crippen LogP contribution is -2.41. The predicted octanol–water partition coefficient (Wildman–Crippen LogP) is 2.44. The Morgan fingerprint density at radius 2 is 2.12 bits per heavy atom. The molecule has 2 N–H and O–H groups in total. The minimum absolute atomic E-state index is 0.143. The van der Waals surface area contributed by atoms with Crippen molar-refractivity contribution < 1.29 is 19.2 Å². The fourth-order valence-corrected chi connectivity index (χ4v) is 2.98. The molecule has 0 saturated heterocycles. The third kappa shape index (κ3) is 3.82. The molecule has 1 aliphatic carbocycles. The fourth-order valence-electron chi connectivity index (χ4n) is 2.98. The van der Waals surface area contributed by atoms with E-state index in [0.29, 0.717) is 24.4 Å². The Hall–Kier alpha value is -2.41. The first kappa shape index (κ1) is 17.4. The number of hydrogen-bond acceptors (Lipinski definition) is 6. The molecule has 0 radical (unpaired) electrons. The van der Waals surface area contributed by atoms with Crippen molar-refractivity contribution >= 4 is 5.91 Å². The van der Waals surface area contributed by atoms with E-state index < -0.39 is 0 Å². The number of methoxy groups -OCH3 is 1. The smallest absolute Gasteiger partial charge is 0.273 e. The van der Waals surface area contributed by atoms with E-state index in [1.807, 2.05) is 19.9 Å². The fraction of sp³-hybridized carbons (Fsp3) is 0.500. The largest absolute Gasteiger partial charge is 0.495 e. The summed E-state index contributed by atoms with van der Waals surface area (Å²) in [6, 6.07) is 3.25.